The van der Waals surface area contributed by atoms with E-state index >= 15 is 0 Å². The smallest absolute Gasteiger partial charge is 0.115 e. The molecule has 0 aromatic carbocycles. The van der Waals surface area contributed by atoms with E-state index < -0.39 is 0 Å². The first-order valence-corrected chi connectivity index (χ1v) is 6.14. The van der Waals surface area contributed by atoms with Crippen molar-refractivity contribution in [1.29, 1.82) is 0 Å². The fourth-order valence-corrected chi connectivity index (χ4v) is 2.19. The van der Waals surface area contributed by atoms with Crippen LogP contribution in [-0.2, 0) is 23.7 Å². The quantitative estimate of drug-likeness (QED) is 0.637. The Labute approximate surface area is 103 Å². The van der Waals surface area contributed by atoms with Gasteiger partial charge in [-0.1, -0.05) is 0 Å². The molecular formula is C12H24O5. The van der Waals surface area contributed by atoms with Crippen LogP contribution in [0, 0.1) is 0 Å². The second-order valence-electron chi connectivity index (χ2n) is 3.96. The summed E-state index contributed by atoms with van der Waals surface area (Å²) in [5, 5.41) is 0. The van der Waals surface area contributed by atoms with E-state index in [4.69, 9.17) is 23.7 Å². The van der Waals surface area contributed by atoms with Gasteiger partial charge < -0.3 is 23.7 Å². The minimum atomic E-state index is -0.0864. The third kappa shape index (κ3) is 3.89. The van der Waals surface area contributed by atoms with Crippen LogP contribution in [0.25, 0.3) is 0 Å². The Morgan fingerprint density at radius 3 is 1.53 bits per heavy atom. The molecule has 0 amide bonds. The average molecular weight is 248 g/mol. The molecule has 4 atom stereocenters. The van der Waals surface area contributed by atoms with Crippen molar-refractivity contribution in [1.82, 2.24) is 0 Å². The Morgan fingerprint density at radius 1 is 0.824 bits per heavy atom. The zero-order valence-electron chi connectivity index (χ0n) is 11.2. The molecule has 1 saturated heterocycles. The number of methoxy groups -OCH3 is 2. The molecule has 0 radical (unpaired) electrons. The van der Waals surface area contributed by atoms with Crippen LogP contribution in [0.1, 0.15) is 13.8 Å². The first-order valence-electron chi connectivity index (χ1n) is 6.14. The normalized spacial score (nSPS) is 33.2. The van der Waals surface area contributed by atoms with Crippen LogP contribution < -0.4 is 0 Å². The molecule has 0 aliphatic carbocycles. The lowest BCUT2D eigenvalue weighted by atomic mass is 10.1. The summed E-state index contributed by atoms with van der Waals surface area (Å²) in [7, 11) is 3.32. The second-order valence-corrected chi connectivity index (χ2v) is 3.96. The first-order chi connectivity index (χ1) is 8.28. The van der Waals surface area contributed by atoms with E-state index in [1.807, 2.05) is 13.8 Å². The highest BCUT2D eigenvalue weighted by atomic mass is 16.6. The maximum absolute atomic E-state index is 5.87. The Morgan fingerprint density at radius 2 is 1.24 bits per heavy atom. The minimum absolute atomic E-state index is 0.0833. The predicted octanol–water partition coefficient (Wildman–Crippen LogP) is 0.857. The van der Waals surface area contributed by atoms with Crippen molar-refractivity contribution in [3.8, 4) is 0 Å². The molecule has 1 fully saturated rings. The third-order valence-electron chi connectivity index (χ3n) is 2.79. The molecule has 0 N–H and O–H groups in total. The second kappa shape index (κ2) is 8.00. The van der Waals surface area contributed by atoms with Crippen LogP contribution in [0.5, 0.6) is 0 Å². The molecule has 102 valence electrons. The SMILES string of the molecule is CCO[C@H]1[C@H](OCC)[C@@H](COC)O[C@H]1COC. The highest BCUT2D eigenvalue weighted by Gasteiger charge is 2.45. The van der Waals surface area contributed by atoms with Crippen molar-refractivity contribution >= 4 is 0 Å². The molecule has 0 aromatic heterocycles. The largest absolute Gasteiger partial charge is 0.382 e. The third-order valence-corrected chi connectivity index (χ3v) is 2.79. The van der Waals surface area contributed by atoms with Crippen molar-refractivity contribution in [3.63, 3.8) is 0 Å². The molecule has 0 bridgehead atoms. The maximum atomic E-state index is 5.87. The van der Waals surface area contributed by atoms with Crippen LogP contribution in [0.4, 0.5) is 0 Å². The lowest BCUT2D eigenvalue weighted by molar-refractivity contribution is -0.0703. The monoisotopic (exact) mass is 248 g/mol. The standard InChI is InChI=1S/C12H24O5/c1-5-15-11-9(7-13-3)17-10(8-14-4)12(11)16-6-2/h9-12H,5-8H2,1-4H3/t9-,10+,11-,12-/m1/s1. The van der Waals surface area contributed by atoms with E-state index in [0.717, 1.165) is 0 Å². The summed E-state index contributed by atoms with van der Waals surface area (Å²) in [6.07, 6.45) is -0.339. The fraction of sp³-hybridized carbons (Fsp3) is 1.00. The molecule has 1 aliphatic rings. The van der Waals surface area contributed by atoms with Crippen LogP contribution in [0.15, 0.2) is 0 Å². The lowest BCUT2D eigenvalue weighted by Gasteiger charge is -2.23. The van der Waals surface area contributed by atoms with Gasteiger partial charge in [-0.2, -0.15) is 0 Å². The van der Waals surface area contributed by atoms with E-state index in [1.54, 1.807) is 14.2 Å². The lowest BCUT2D eigenvalue weighted by Crippen LogP contribution is -2.40. The highest BCUT2D eigenvalue weighted by Crippen LogP contribution is 2.27. The first kappa shape index (κ1) is 14.9. The molecule has 17 heavy (non-hydrogen) atoms. The maximum Gasteiger partial charge on any atom is 0.115 e. The predicted molar refractivity (Wildman–Crippen MR) is 63.2 cm³/mol. The van der Waals surface area contributed by atoms with Crippen LogP contribution in [0.3, 0.4) is 0 Å². The summed E-state index contributed by atoms with van der Waals surface area (Å²) in [6, 6.07) is 0. The van der Waals surface area contributed by atoms with Gasteiger partial charge in [0.2, 0.25) is 0 Å². The van der Waals surface area contributed by atoms with Crippen LogP contribution in [-0.4, -0.2) is 65.1 Å². The molecule has 1 heterocycles. The molecule has 5 heteroatoms. The Kier molecular flexibility index (Phi) is 6.99. The summed E-state index contributed by atoms with van der Waals surface area (Å²) in [4.78, 5) is 0. The van der Waals surface area contributed by atoms with Crippen molar-refractivity contribution < 1.29 is 23.7 Å². The van der Waals surface area contributed by atoms with Gasteiger partial charge in [-0.3, -0.25) is 0 Å². The van der Waals surface area contributed by atoms with E-state index in [0.29, 0.717) is 26.4 Å². The van der Waals surface area contributed by atoms with Gasteiger partial charge in [0.15, 0.2) is 0 Å². The van der Waals surface area contributed by atoms with Crippen molar-refractivity contribution in [2.24, 2.45) is 0 Å². The molecule has 0 saturated carbocycles. The van der Waals surface area contributed by atoms with Gasteiger partial charge in [0.25, 0.3) is 0 Å². The fourth-order valence-electron chi connectivity index (χ4n) is 2.19. The number of rotatable bonds is 8. The molecular weight excluding hydrogens is 224 g/mol. The average Bonchev–Trinajstić information content (AvgIpc) is 2.61. The summed E-state index contributed by atoms with van der Waals surface area (Å²) in [5.41, 5.74) is 0. The molecule has 0 unspecified atom stereocenters. The summed E-state index contributed by atoms with van der Waals surface area (Å²) >= 11 is 0. The van der Waals surface area contributed by atoms with E-state index in [2.05, 4.69) is 0 Å². The number of ether oxygens (including phenoxy) is 5. The molecule has 0 spiro atoms. The zero-order chi connectivity index (χ0) is 12.7. The Balaban J connectivity index is 2.67. The topological polar surface area (TPSA) is 46.2 Å². The molecule has 5 nitrogen and oxygen atoms in total. The van der Waals surface area contributed by atoms with Gasteiger partial charge >= 0.3 is 0 Å². The van der Waals surface area contributed by atoms with Crippen molar-refractivity contribution in [3.05, 3.63) is 0 Å². The Bertz CT molecular complexity index is 179. The van der Waals surface area contributed by atoms with E-state index in [-0.39, 0.29) is 24.4 Å². The van der Waals surface area contributed by atoms with Gasteiger partial charge in [-0.05, 0) is 13.8 Å². The summed E-state index contributed by atoms with van der Waals surface area (Å²) < 4.78 is 27.6. The van der Waals surface area contributed by atoms with Crippen LogP contribution >= 0.6 is 0 Å². The van der Waals surface area contributed by atoms with Gasteiger partial charge in [0, 0.05) is 27.4 Å². The van der Waals surface area contributed by atoms with E-state index in [9.17, 15) is 0 Å². The number of hydrogen-bond acceptors (Lipinski definition) is 5. The highest BCUT2D eigenvalue weighted by molar-refractivity contribution is 4.93. The van der Waals surface area contributed by atoms with Gasteiger partial charge in [0.05, 0.1) is 13.2 Å². The van der Waals surface area contributed by atoms with E-state index in [1.165, 1.54) is 0 Å². The zero-order valence-corrected chi connectivity index (χ0v) is 11.2. The summed E-state index contributed by atoms with van der Waals surface area (Å²) in [6.45, 7) is 6.23. The van der Waals surface area contributed by atoms with Crippen molar-refractivity contribution in [2.75, 3.05) is 40.6 Å². The van der Waals surface area contributed by atoms with Gasteiger partial charge in [-0.15, -0.1) is 0 Å². The van der Waals surface area contributed by atoms with Gasteiger partial charge in [0.1, 0.15) is 24.4 Å². The Hall–Kier alpha value is -0.200. The molecule has 1 rings (SSSR count). The summed E-state index contributed by atoms with van der Waals surface area (Å²) in [5.74, 6) is 0. The molecule has 1 aliphatic heterocycles. The van der Waals surface area contributed by atoms with Crippen LogP contribution in [0.2, 0.25) is 0 Å². The van der Waals surface area contributed by atoms with Crippen molar-refractivity contribution in [2.45, 2.75) is 38.3 Å². The minimum Gasteiger partial charge on any atom is -0.382 e. The number of hydrogen-bond donors (Lipinski definition) is 0. The van der Waals surface area contributed by atoms with Gasteiger partial charge in [-0.25, -0.2) is 0 Å². The molecule has 0 aromatic rings.